The molecule has 0 fully saturated rings. The van der Waals surface area contributed by atoms with E-state index >= 15 is 0 Å². The second-order valence-electron chi connectivity index (χ2n) is 6.45. The van der Waals surface area contributed by atoms with E-state index in [1.165, 1.54) is 12.1 Å². The summed E-state index contributed by atoms with van der Waals surface area (Å²) < 4.78 is 13.7. The fraction of sp³-hybridized carbons (Fsp3) is 0.381. The highest BCUT2D eigenvalue weighted by Gasteiger charge is 2.33. The molecule has 0 aliphatic heterocycles. The van der Waals surface area contributed by atoms with Crippen molar-refractivity contribution in [2.45, 2.75) is 45.2 Å². The van der Waals surface area contributed by atoms with Crippen LogP contribution in [0.25, 0.3) is 0 Å². The molecule has 134 valence electrons. The number of halogens is 1. The molecular formula is C21H27FNOP. The van der Waals surface area contributed by atoms with E-state index in [0.29, 0.717) is 14.3 Å². The third-order valence-electron chi connectivity index (χ3n) is 4.60. The maximum atomic E-state index is 13.7. The van der Waals surface area contributed by atoms with Gasteiger partial charge in [0.05, 0.1) is 0 Å². The summed E-state index contributed by atoms with van der Waals surface area (Å²) in [6.07, 6.45) is 4.62. The Kier molecular flexibility index (Phi) is 6.72. The Morgan fingerprint density at radius 1 is 1.20 bits per heavy atom. The fourth-order valence-corrected chi connectivity index (χ4v) is 5.18. The Balaban J connectivity index is 2.57. The van der Waals surface area contributed by atoms with E-state index in [1.807, 2.05) is 19.1 Å². The molecule has 25 heavy (non-hydrogen) atoms. The Bertz CT molecular complexity index is 760. The van der Waals surface area contributed by atoms with Crippen molar-refractivity contribution in [3.8, 4) is 5.75 Å². The van der Waals surface area contributed by atoms with Gasteiger partial charge in [-0.2, -0.15) is 0 Å². The molecular weight excluding hydrogens is 332 g/mol. The van der Waals surface area contributed by atoms with E-state index in [2.05, 4.69) is 24.9 Å². The lowest BCUT2D eigenvalue weighted by Gasteiger charge is -2.35. The highest BCUT2D eigenvalue weighted by atomic mass is 31.1. The molecule has 0 bridgehead atoms. The summed E-state index contributed by atoms with van der Waals surface area (Å²) in [4.78, 5) is 4.08. The van der Waals surface area contributed by atoms with Crippen LogP contribution in [0.3, 0.4) is 0 Å². The molecule has 2 rings (SSSR count). The van der Waals surface area contributed by atoms with Crippen molar-refractivity contribution < 1.29 is 9.50 Å². The van der Waals surface area contributed by atoms with Crippen LogP contribution in [0, 0.1) is 12.7 Å². The van der Waals surface area contributed by atoms with Gasteiger partial charge in [0.2, 0.25) is 0 Å². The van der Waals surface area contributed by atoms with Crippen LogP contribution in [0.4, 0.5) is 4.39 Å². The van der Waals surface area contributed by atoms with Crippen LogP contribution < -0.4 is 5.30 Å². The van der Waals surface area contributed by atoms with Crippen molar-refractivity contribution in [1.29, 1.82) is 0 Å². The molecule has 0 spiro atoms. The van der Waals surface area contributed by atoms with E-state index in [9.17, 15) is 9.50 Å². The van der Waals surface area contributed by atoms with E-state index < -0.39 is 0 Å². The zero-order valence-electron chi connectivity index (χ0n) is 15.4. The standard InChI is InChI=1S/C21H27FNOP/c1-5-11-21(6-2,18-12-15(3)7-9-19(18)24)25-20-10-8-17(22)13-16(20)14-23-4/h7-10,12-14,24-25H,5-6,11H2,1-4H3. The summed E-state index contributed by atoms with van der Waals surface area (Å²) in [7, 11) is 2.13. The van der Waals surface area contributed by atoms with Gasteiger partial charge in [0.1, 0.15) is 11.6 Å². The summed E-state index contributed by atoms with van der Waals surface area (Å²) >= 11 is 0. The molecule has 2 unspecified atom stereocenters. The minimum atomic E-state index is -0.251. The molecule has 0 aliphatic rings. The van der Waals surface area contributed by atoms with Crippen LogP contribution in [0.2, 0.25) is 0 Å². The molecule has 2 aromatic rings. The Hall–Kier alpha value is -1.73. The van der Waals surface area contributed by atoms with Gasteiger partial charge in [0, 0.05) is 29.5 Å². The molecule has 0 saturated carbocycles. The van der Waals surface area contributed by atoms with Gasteiger partial charge < -0.3 is 5.11 Å². The Morgan fingerprint density at radius 2 is 1.96 bits per heavy atom. The molecule has 4 heteroatoms. The lowest BCUT2D eigenvalue weighted by atomic mass is 9.89. The Labute approximate surface area is 152 Å². The van der Waals surface area contributed by atoms with Gasteiger partial charge in [-0.1, -0.05) is 52.6 Å². The molecule has 0 aliphatic carbocycles. The monoisotopic (exact) mass is 359 g/mol. The molecule has 0 saturated heterocycles. The average molecular weight is 359 g/mol. The smallest absolute Gasteiger partial charge is 0.123 e. The first-order valence-corrected chi connectivity index (χ1v) is 9.75. The summed E-state index contributed by atoms with van der Waals surface area (Å²) in [6.45, 7) is 6.38. The molecule has 0 amide bonds. The molecule has 0 heterocycles. The van der Waals surface area contributed by atoms with Crippen LogP contribution in [0.5, 0.6) is 5.75 Å². The van der Waals surface area contributed by atoms with Gasteiger partial charge in [0.25, 0.3) is 0 Å². The van der Waals surface area contributed by atoms with Gasteiger partial charge in [-0.3, -0.25) is 4.99 Å². The van der Waals surface area contributed by atoms with E-state index in [1.54, 1.807) is 19.3 Å². The molecule has 2 nitrogen and oxygen atoms in total. The second-order valence-corrected chi connectivity index (χ2v) is 8.20. The van der Waals surface area contributed by atoms with Gasteiger partial charge in [-0.15, -0.1) is 0 Å². The quantitative estimate of drug-likeness (QED) is 0.528. The van der Waals surface area contributed by atoms with Crippen LogP contribution >= 0.6 is 8.58 Å². The zero-order valence-corrected chi connectivity index (χ0v) is 16.4. The Morgan fingerprint density at radius 3 is 2.60 bits per heavy atom. The summed E-state index contributed by atoms with van der Waals surface area (Å²) in [5.41, 5.74) is 2.96. The summed E-state index contributed by atoms with van der Waals surface area (Å²) in [6, 6.07) is 10.7. The normalized spacial score (nSPS) is 14.4. The topological polar surface area (TPSA) is 32.6 Å². The van der Waals surface area contributed by atoms with Crippen LogP contribution in [0.1, 0.15) is 49.8 Å². The number of aliphatic imine (C=N–C) groups is 1. The molecule has 0 radical (unpaired) electrons. The number of aryl methyl sites for hydroxylation is 1. The predicted octanol–water partition coefficient (Wildman–Crippen LogP) is 5.30. The number of phenols is 1. The number of nitrogens with zero attached hydrogens (tertiary/aromatic N) is 1. The first kappa shape index (κ1) is 19.6. The van der Waals surface area contributed by atoms with Gasteiger partial charge in [-0.25, -0.2) is 4.39 Å². The average Bonchev–Trinajstić information content (AvgIpc) is 2.59. The summed E-state index contributed by atoms with van der Waals surface area (Å²) in [5, 5.41) is 11.5. The largest absolute Gasteiger partial charge is 0.508 e. The molecule has 2 atom stereocenters. The van der Waals surface area contributed by atoms with E-state index in [-0.39, 0.29) is 11.0 Å². The van der Waals surface area contributed by atoms with Crippen molar-refractivity contribution in [3.63, 3.8) is 0 Å². The summed E-state index contributed by atoms with van der Waals surface area (Å²) in [5.74, 6) is 0.0978. The number of phenolic OH excluding ortho intramolecular Hbond substituents is 1. The predicted molar refractivity (Wildman–Crippen MR) is 108 cm³/mol. The number of rotatable bonds is 7. The maximum absolute atomic E-state index is 13.7. The van der Waals surface area contributed by atoms with Gasteiger partial charge in [-0.05, 0) is 43.3 Å². The minimum absolute atomic E-state index is 0.154. The van der Waals surface area contributed by atoms with Crippen molar-refractivity contribution in [1.82, 2.24) is 0 Å². The number of aromatic hydroxyl groups is 1. The lowest BCUT2D eigenvalue weighted by Crippen LogP contribution is -2.24. The fourth-order valence-electron chi connectivity index (χ4n) is 3.33. The molecule has 1 N–H and O–H groups in total. The van der Waals surface area contributed by atoms with Crippen molar-refractivity contribution in [3.05, 3.63) is 58.9 Å². The zero-order chi connectivity index (χ0) is 18.4. The first-order valence-electron chi connectivity index (χ1n) is 8.75. The number of hydrogen-bond donors (Lipinski definition) is 1. The number of hydrogen-bond acceptors (Lipinski definition) is 2. The highest BCUT2D eigenvalue weighted by Crippen LogP contribution is 2.51. The van der Waals surface area contributed by atoms with Crippen molar-refractivity contribution in [2.24, 2.45) is 4.99 Å². The van der Waals surface area contributed by atoms with Gasteiger partial charge >= 0.3 is 0 Å². The molecule has 0 aromatic heterocycles. The second kappa shape index (κ2) is 8.58. The third-order valence-corrected chi connectivity index (χ3v) is 6.68. The number of benzene rings is 2. The van der Waals surface area contributed by atoms with Crippen molar-refractivity contribution >= 4 is 20.1 Å². The van der Waals surface area contributed by atoms with Crippen LogP contribution in [-0.4, -0.2) is 18.4 Å². The SMILES string of the molecule is CCCC(CC)(Pc1ccc(F)cc1C=NC)c1cc(C)ccc1O. The highest BCUT2D eigenvalue weighted by molar-refractivity contribution is 7.48. The van der Waals surface area contributed by atoms with E-state index in [0.717, 1.165) is 41.3 Å². The minimum Gasteiger partial charge on any atom is -0.508 e. The van der Waals surface area contributed by atoms with Crippen molar-refractivity contribution in [2.75, 3.05) is 7.05 Å². The molecule has 2 aromatic carbocycles. The van der Waals surface area contributed by atoms with Gasteiger partial charge in [0.15, 0.2) is 0 Å². The van der Waals surface area contributed by atoms with E-state index in [4.69, 9.17) is 0 Å². The van der Waals surface area contributed by atoms with Crippen LogP contribution in [0.15, 0.2) is 41.4 Å². The lowest BCUT2D eigenvalue weighted by molar-refractivity contribution is 0.442. The maximum Gasteiger partial charge on any atom is 0.123 e. The van der Waals surface area contributed by atoms with Crippen LogP contribution in [-0.2, 0) is 5.16 Å². The first-order chi connectivity index (χ1) is 12.0. The third kappa shape index (κ3) is 4.46.